The number of nitrogens with zero attached hydrogens (tertiary/aromatic N) is 3. The van der Waals surface area contributed by atoms with Crippen molar-refractivity contribution in [3.05, 3.63) is 58.7 Å². The Morgan fingerprint density at radius 1 is 1.07 bits per heavy atom. The van der Waals surface area contributed by atoms with Crippen molar-refractivity contribution in [1.29, 1.82) is 0 Å². The Morgan fingerprint density at radius 2 is 1.76 bits per heavy atom. The van der Waals surface area contributed by atoms with Gasteiger partial charge in [-0.15, -0.1) is 0 Å². The number of hydrogen-bond donors (Lipinski definition) is 1. The molecule has 0 fully saturated rings. The molecule has 0 saturated carbocycles. The maximum Gasteiger partial charge on any atom is 0.258 e. The zero-order valence-electron chi connectivity index (χ0n) is 16.8. The Kier molecular flexibility index (Phi) is 5.45. The van der Waals surface area contributed by atoms with Gasteiger partial charge < -0.3 is 15.0 Å². The number of methoxy groups -OCH3 is 1. The molecule has 29 heavy (non-hydrogen) atoms. The molecule has 2 aromatic carbocycles. The number of carbonyl (C=O) groups excluding carboxylic acids is 2. The van der Waals surface area contributed by atoms with Crippen molar-refractivity contribution in [2.75, 3.05) is 26.5 Å². The third-order valence-electron chi connectivity index (χ3n) is 4.49. The summed E-state index contributed by atoms with van der Waals surface area (Å²) in [7, 11) is 4.72. The molecule has 0 aliphatic rings. The van der Waals surface area contributed by atoms with E-state index in [0.717, 1.165) is 6.07 Å². The first-order valence-electron chi connectivity index (χ1n) is 8.86. The van der Waals surface area contributed by atoms with Crippen LogP contribution in [0.25, 0.3) is 11.0 Å². The van der Waals surface area contributed by atoms with Crippen molar-refractivity contribution < 1.29 is 18.7 Å². The van der Waals surface area contributed by atoms with Crippen LogP contribution in [0.5, 0.6) is 5.75 Å². The Hall–Kier alpha value is -3.55. The second-order valence-corrected chi connectivity index (χ2v) is 6.78. The van der Waals surface area contributed by atoms with Crippen LogP contribution in [0, 0.1) is 19.7 Å². The van der Waals surface area contributed by atoms with Gasteiger partial charge in [-0.25, -0.2) is 14.4 Å². The highest BCUT2D eigenvalue weighted by atomic mass is 19.1. The molecule has 3 rings (SSSR count). The molecule has 2 amide bonds. The van der Waals surface area contributed by atoms with Crippen molar-refractivity contribution in [3.8, 4) is 5.75 Å². The van der Waals surface area contributed by atoms with Crippen molar-refractivity contribution in [2.45, 2.75) is 13.8 Å². The van der Waals surface area contributed by atoms with E-state index >= 15 is 0 Å². The minimum atomic E-state index is -0.594. The van der Waals surface area contributed by atoms with E-state index < -0.39 is 11.7 Å². The van der Waals surface area contributed by atoms with E-state index in [4.69, 9.17) is 4.74 Å². The zero-order chi connectivity index (χ0) is 21.3. The molecule has 0 saturated heterocycles. The Bertz CT molecular complexity index is 1130. The first-order valence-corrected chi connectivity index (χ1v) is 8.86. The molecule has 3 aromatic rings. The van der Waals surface area contributed by atoms with Crippen molar-refractivity contribution in [1.82, 2.24) is 14.9 Å². The maximum atomic E-state index is 14.1. The first kappa shape index (κ1) is 20.2. The number of halogens is 1. The van der Waals surface area contributed by atoms with Gasteiger partial charge in [0.1, 0.15) is 17.1 Å². The van der Waals surface area contributed by atoms with Gasteiger partial charge in [-0.2, -0.15) is 0 Å². The van der Waals surface area contributed by atoms with Gasteiger partial charge in [0.15, 0.2) is 0 Å². The van der Waals surface area contributed by atoms with E-state index in [1.807, 2.05) is 0 Å². The third kappa shape index (κ3) is 4.01. The van der Waals surface area contributed by atoms with Gasteiger partial charge in [0.05, 0.1) is 35.3 Å². The number of ether oxygens (including phenoxy) is 1. The van der Waals surface area contributed by atoms with Crippen LogP contribution >= 0.6 is 0 Å². The lowest BCUT2D eigenvalue weighted by molar-refractivity contribution is 0.0827. The molecule has 1 aromatic heterocycles. The molecule has 0 aliphatic carbocycles. The minimum absolute atomic E-state index is 0.0435. The second kappa shape index (κ2) is 7.83. The van der Waals surface area contributed by atoms with Crippen molar-refractivity contribution in [3.63, 3.8) is 0 Å². The minimum Gasteiger partial charge on any atom is -0.495 e. The number of nitrogens with one attached hydrogen (secondary N) is 1. The summed E-state index contributed by atoms with van der Waals surface area (Å²) in [6.07, 6.45) is 0. The quantitative estimate of drug-likeness (QED) is 0.731. The topological polar surface area (TPSA) is 84.4 Å². The number of aryl methyl sites for hydroxylation is 2. The molecule has 0 bridgehead atoms. The lowest BCUT2D eigenvalue weighted by Gasteiger charge is -2.15. The van der Waals surface area contributed by atoms with Crippen LogP contribution in [0.3, 0.4) is 0 Å². The number of rotatable bonds is 4. The van der Waals surface area contributed by atoms with Crippen LogP contribution in [-0.4, -0.2) is 47.9 Å². The SMILES string of the molecule is COc1ccc(C(=O)N(C)C)cc1NC(=O)c1cc(F)cc2nc(C)c(C)nc12. The average molecular weight is 396 g/mol. The second-order valence-electron chi connectivity index (χ2n) is 6.78. The Balaban J connectivity index is 2.06. The van der Waals surface area contributed by atoms with Gasteiger partial charge in [-0.1, -0.05) is 0 Å². The zero-order valence-corrected chi connectivity index (χ0v) is 16.8. The summed E-state index contributed by atoms with van der Waals surface area (Å²) < 4.78 is 19.4. The highest BCUT2D eigenvalue weighted by molar-refractivity contribution is 6.12. The molecule has 0 spiro atoms. The highest BCUT2D eigenvalue weighted by Crippen LogP contribution is 2.28. The summed E-state index contributed by atoms with van der Waals surface area (Å²) in [6.45, 7) is 3.54. The van der Waals surface area contributed by atoms with E-state index in [1.165, 1.54) is 24.1 Å². The van der Waals surface area contributed by atoms with Crippen molar-refractivity contribution in [2.24, 2.45) is 0 Å². The maximum absolute atomic E-state index is 14.1. The van der Waals surface area contributed by atoms with Gasteiger partial charge in [0, 0.05) is 25.7 Å². The van der Waals surface area contributed by atoms with E-state index in [0.29, 0.717) is 39.4 Å². The number of aromatic nitrogens is 2. The number of hydrogen-bond acceptors (Lipinski definition) is 5. The molecule has 0 radical (unpaired) electrons. The first-order chi connectivity index (χ1) is 13.7. The van der Waals surface area contributed by atoms with Crippen LogP contribution in [0.15, 0.2) is 30.3 Å². The van der Waals surface area contributed by atoms with E-state index in [9.17, 15) is 14.0 Å². The number of amides is 2. The lowest BCUT2D eigenvalue weighted by Crippen LogP contribution is -2.22. The highest BCUT2D eigenvalue weighted by Gasteiger charge is 2.18. The summed E-state index contributed by atoms with van der Waals surface area (Å²) in [4.78, 5) is 35.4. The number of anilines is 1. The fraction of sp³-hybridized carbons (Fsp3) is 0.238. The van der Waals surface area contributed by atoms with E-state index in [-0.39, 0.29) is 11.5 Å². The van der Waals surface area contributed by atoms with Crippen LogP contribution in [0.1, 0.15) is 32.1 Å². The van der Waals surface area contributed by atoms with E-state index in [2.05, 4.69) is 15.3 Å². The van der Waals surface area contributed by atoms with Gasteiger partial charge in [0.2, 0.25) is 0 Å². The fourth-order valence-electron chi connectivity index (χ4n) is 2.86. The predicted molar refractivity (Wildman–Crippen MR) is 108 cm³/mol. The van der Waals surface area contributed by atoms with Gasteiger partial charge in [-0.3, -0.25) is 9.59 Å². The molecule has 1 heterocycles. The molecule has 0 unspecified atom stereocenters. The number of fused-ring (bicyclic) bond motifs is 1. The van der Waals surface area contributed by atoms with Crippen LogP contribution in [0.4, 0.5) is 10.1 Å². The molecule has 0 atom stereocenters. The molecule has 150 valence electrons. The normalized spacial score (nSPS) is 10.7. The van der Waals surface area contributed by atoms with Gasteiger partial charge >= 0.3 is 0 Å². The van der Waals surface area contributed by atoms with E-state index in [1.54, 1.807) is 40.1 Å². The van der Waals surface area contributed by atoms with Crippen molar-refractivity contribution >= 4 is 28.5 Å². The monoisotopic (exact) mass is 396 g/mol. The van der Waals surface area contributed by atoms with Gasteiger partial charge in [-0.05, 0) is 38.1 Å². The molecule has 1 N–H and O–H groups in total. The molecule has 8 heteroatoms. The Morgan fingerprint density at radius 3 is 2.41 bits per heavy atom. The molecule has 0 aliphatic heterocycles. The summed E-state index contributed by atoms with van der Waals surface area (Å²) in [5.74, 6) is -1.03. The average Bonchev–Trinajstić information content (AvgIpc) is 2.67. The number of benzene rings is 2. The lowest BCUT2D eigenvalue weighted by atomic mass is 10.1. The standard InChI is InChI=1S/C21H21FN4O3/c1-11-12(2)24-19-15(9-14(22)10-17(19)23-11)20(27)25-16-8-13(21(28)26(3)4)6-7-18(16)29-5/h6-10H,1-5H3,(H,25,27). The third-order valence-corrected chi connectivity index (χ3v) is 4.49. The molecular formula is C21H21FN4O3. The van der Waals surface area contributed by atoms with Crippen LogP contribution in [0.2, 0.25) is 0 Å². The number of carbonyl (C=O) groups is 2. The predicted octanol–water partition coefficient (Wildman–Crippen LogP) is 3.35. The largest absolute Gasteiger partial charge is 0.495 e. The summed E-state index contributed by atoms with van der Waals surface area (Å²) in [6, 6.07) is 7.06. The summed E-state index contributed by atoms with van der Waals surface area (Å²) in [5.41, 5.74) is 2.61. The Labute approximate surface area is 167 Å². The smallest absolute Gasteiger partial charge is 0.258 e. The fourth-order valence-corrected chi connectivity index (χ4v) is 2.86. The summed E-state index contributed by atoms with van der Waals surface area (Å²) in [5, 5.41) is 2.70. The van der Waals surface area contributed by atoms with Crippen LogP contribution < -0.4 is 10.1 Å². The van der Waals surface area contributed by atoms with Gasteiger partial charge in [0.25, 0.3) is 11.8 Å². The molecular weight excluding hydrogens is 375 g/mol. The molecule has 7 nitrogen and oxygen atoms in total. The van der Waals surface area contributed by atoms with Crippen LogP contribution in [-0.2, 0) is 0 Å². The summed E-state index contributed by atoms with van der Waals surface area (Å²) >= 11 is 0.